The Morgan fingerprint density at radius 2 is 2.16 bits per heavy atom. The number of aryl methyl sites for hydroxylation is 1. The van der Waals surface area contributed by atoms with Gasteiger partial charge in [0.15, 0.2) is 0 Å². The van der Waals surface area contributed by atoms with Gasteiger partial charge in [-0.25, -0.2) is 0 Å². The summed E-state index contributed by atoms with van der Waals surface area (Å²) in [6.07, 6.45) is 1.83. The number of likely N-dealkylation sites (N-methyl/N-ethyl adjacent to an activating group) is 1. The molecule has 0 saturated carbocycles. The third kappa shape index (κ3) is 3.54. The number of hydrogen-bond donors (Lipinski definition) is 1. The third-order valence-electron chi connectivity index (χ3n) is 5.26. The molecule has 3 saturated heterocycles. The second kappa shape index (κ2) is 6.89. The summed E-state index contributed by atoms with van der Waals surface area (Å²) in [5, 5.41) is 9.10. The van der Waals surface area contributed by atoms with Crippen LogP contribution < -0.4 is 0 Å². The minimum absolute atomic E-state index is 0.0360. The number of rotatable bonds is 4. The van der Waals surface area contributed by atoms with Crippen LogP contribution in [0.25, 0.3) is 0 Å². The number of carbonyl (C=O) groups is 2. The van der Waals surface area contributed by atoms with E-state index in [1.165, 1.54) is 4.90 Å². The predicted molar refractivity (Wildman–Crippen MR) is 92.4 cm³/mol. The maximum Gasteiger partial charge on any atom is 0.241 e. The fourth-order valence-electron chi connectivity index (χ4n) is 3.82. The van der Waals surface area contributed by atoms with Crippen molar-refractivity contribution in [3.05, 3.63) is 23.0 Å². The van der Waals surface area contributed by atoms with Gasteiger partial charge in [-0.3, -0.25) is 14.5 Å². The second-order valence-corrected chi connectivity index (χ2v) is 7.32. The minimum atomic E-state index is -0.0415. The van der Waals surface area contributed by atoms with Crippen LogP contribution in [0.1, 0.15) is 29.8 Å². The number of carbonyl (C=O) groups excluding carboxylic acids is 2. The Morgan fingerprint density at radius 3 is 2.80 bits per heavy atom. The van der Waals surface area contributed by atoms with E-state index >= 15 is 0 Å². The van der Waals surface area contributed by atoms with Crippen LogP contribution in [0.4, 0.5) is 0 Å². The van der Waals surface area contributed by atoms with E-state index in [1.807, 2.05) is 13.0 Å². The number of fused-ring (bicyclic) bond motifs is 4. The fraction of sp³-hybridized carbons (Fsp3) is 0.611. The fourth-order valence-corrected chi connectivity index (χ4v) is 3.82. The van der Waals surface area contributed by atoms with Crippen molar-refractivity contribution in [1.82, 2.24) is 19.7 Å². The molecule has 3 aliphatic rings. The van der Waals surface area contributed by atoms with Gasteiger partial charge in [0.1, 0.15) is 12.6 Å². The number of nitrogens with one attached hydrogen (secondary N) is 1. The third-order valence-corrected chi connectivity index (χ3v) is 5.26. The molecule has 0 spiro atoms. The highest BCUT2D eigenvalue weighted by Crippen LogP contribution is 2.30. The second-order valence-electron chi connectivity index (χ2n) is 7.32. The molecular weight excluding hydrogens is 318 g/mol. The lowest BCUT2D eigenvalue weighted by Crippen LogP contribution is -2.51. The van der Waals surface area contributed by atoms with E-state index in [9.17, 15) is 9.59 Å². The highest BCUT2D eigenvalue weighted by molar-refractivity contribution is 5.86. The van der Waals surface area contributed by atoms with Gasteiger partial charge < -0.3 is 14.8 Å². The highest BCUT2D eigenvalue weighted by Gasteiger charge is 2.41. The number of H-pyrrole nitrogens is 1. The van der Waals surface area contributed by atoms with E-state index in [2.05, 4.69) is 16.0 Å². The summed E-state index contributed by atoms with van der Waals surface area (Å²) < 4.78 is 0. The van der Waals surface area contributed by atoms with Crippen LogP contribution >= 0.6 is 0 Å². The Balaban J connectivity index is 1.73. The average molecular weight is 343 g/mol. The average Bonchev–Trinajstić information content (AvgIpc) is 2.73. The summed E-state index contributed by atoms with van der Waals surface area (Å²) in [6, 6.07) is 4.16. The lowest BCUT2D eigenvalue weighted by atomic mass is 9.94. The smallest absolute Gasteiger partial charge is 0.241 e. The zero-order valence-electron chi connectivity index (χ0n) is 15.1. The molecule has 4 rings (SSSR count). The molecule has 2 bridgehead atoms. The van der Waals surface area contributed by atoms with Crippen molar-refractivity contribution in [2.45, 2.75) is 32.4 Å². The van der Waals surface area contributed by atoms with Crippen LogP contribution in [0.3, 0.4) is 0 Å². The summed E-state index contributed by atoms with van der Waals surface area (Å²) >= 11 is 0. The molecule has 0 aliphatic carbocycles. The number of nitriles is 1. The Hall–Kier alpha value is -2.33. The number of amides is 2. The molecule has 0 aromatic carbocycles. The molecule has 2 amide bonds. The van der Waals surface area contributed by atoms with Crippen molar-refractivity contribution < 1.29 is 9.59 Å². The lowest BCUT2D eigenvalue weighted by molar-refractivity contribution is -0.145. The van der Waals surface area contributed by atoms with E-state index in [1.54, 1.807) is 19.0 Å². The van der Waals surface area contributed by atoms with Gasteiger partial charge in [-0.1, -0.05) is 0 Å². The first-order valence-electron chi connectivity index (χ1n) is 8.70. The van der Waals surface area contributed by atoms with Crippen molar-refractivity contribution in [2.75, 3.05) is 33.7 Å². The Labute approximate surface area is 148 Å². The van der Waals surface area contributed by atoms with E-state index in [-0.39, 0.29) is 30.3 Å². The first-order chi connectivity index (χ1) is 11.9. The van der Waals surface area contributed by atoms with Crippen LogP contribution in [-0.2, 0) is 16.1 Å². The van der Waals surface area contributed by atoms with Gasteiger partial charge >= 0.3 is 0 Å². The van der Waals surface area contributed by atoms with E-state index in [0.29, 0.717) is 18.7 Å². The van der Waals surface area contributed by atoms with E-state index in [0.717, 1.165) is 30.8 Å². The molecule has 134 valence electrons. The van der Waals surface area contributed by atoms with Gasteiger partial charge in [-0.15, -0.1) is 0 Å². The Kier molecular flexibility index (Phi) is 4.82. The van der Waals surface area contributed by atoms with Crippen molar-refractivity contribution in [3.63, 3.8) is 0 Å². The molecule has 1 N–H and O–H groups in total. The Morgan fingerprint density at radius 1 is 1.40 bits per heavy atom. The van der Waals surface area contributed by atoms with E-state index < -0.39 is 0 Å². The summed E-state index contributed by atoms with van der Waals surface area (Å²) in [6.45, 7) is 4.23. The number of aromatic nitrogens is 1. The zero-order chi connectivity index (χ0) is 18.1. The number of piperidine rings is 1. The number of aromatic amines is 1. The SMILES string of the molecule is Cc1[nH]c(CN2C[C@H]3CC[C@@H](C2)N(CC(=O)N(C)C)C3=O)cc1C#N. The maximum absolute atomic E-state index is 12.7. The zero-order valence-corrected chi connectivity index (χ0v) is 15.1. The van der Waals surface area contributed by atoms with Crippen LogP contribution in [0.15, 0.2) is 6.07 Å². The number of nitrogens with zero attached hydrogens (tertiary/aromatic N) is 4. The minimum Gasteiger partial charge on any atom is -0.360 e. The molecule has 25 heavy (non-hydrogen) atoms. The largest absolute Gasteiger partial charge is 0.360 e. The molecule has 1 aromatic heterocycles. The number of hydrogen-bond acceptors (Lipinski definition) is 4. The monoisotopic (exact) mass is 343 g/mol. The molecule has 7 heteroatoms. The molecule has 3 fully saturated rings. The van der Waals surface area contributed by atoms with Gasteiger partial charge in [0, 0.05) is 51.2 Å². The van der Waals surface area contributed by atoms with Crippen LogP contribution in [0.2, 0.25) is 0 Å². The van der Waals surface area contributed by atoms with Gasteiger partial charge in [-0.05, 0) is 25.8 Å². The molecule has 7 nitrogen and oxygen atoms in total. The van der Waals surface area contributed by atoms with Crippen molar-refractivity contribution in [2.24, 2.45) is 5.92 Å². The standard InChI is InChI=1S/C18H25N5O2/c1-12-14(7-19)6-15(20-12)9-22-8-13-4-5-16(10-22)23(18(13)25)11-17(24)21(2)3/h6,13,16,20H,4-5,8-11H2,1-3H3/t13-,16+/m1/s1. The summed E-state index contributed by atoms with van der Waals surface area (Å²) in [5.41, 5.74) is 2.55. The molecule has 0 radical (unpaired) electrons. The molecule has 3 aliphatic heterocycles. The van der Waals surface area contributed by atoms with Crippen molar-refractivity contribution in [1.29, 1.82) is 5.26 Å². The topological polar surface area (TPSA) is 83.4 Å². The summed E-state index contributed by atoms with van der Waals surface area (Å²) in [4.78, 5) is 33.7. The lowest BCUT2D eigenvalue weighted by Gasteiger charge is -2.36. The molecule has 0 unspecified atom stereocenters. The first kappa shape index (κ1) is 17.5. The molecule has 2 atom stereocenters. The molecule has 4 heterocycles. The first-order valence-corrected chi connectivity index (χ1v) is 8.70. The molecular formula is C18H25N5O2. The van der Waals surface area contributed by atoms with Crippen LogP contribution in [0.5, 0.6) is 0 Å². The van der Waals surface area contributed by atoms with Gasteiger partial charge in [0.05, 0.1) is 11.5 Å². The van der Waals surface area contributed by atoms with Gasteiger partial charge in [0.25, 0.3) is 0 Å². The summed E-state index contributed by atoms with van der Waals surface area (Å²) in [5.74, 6) is 0.0284. The van der Waals surface area contributed by atoms with Crippen molar-refractivity contribution in [3.8, 4) is 6.07 Å². The van der Waals surface area contributed by atoms with E-state index in [4.69, 9.17) is 5.26 Å². The molecule has 1 aromatic rings. The summed E-state index contributed by atoms with van der Waals surface area (Å²) in [7, 11) is 3.44. The Bertz CT molecular complexity index is 718. The van der Waals surface area contributed by atoms with Crippen molar-refractivity contribution >= 4 is 11.8 Å². The quantitative estimate of drug-likeness (QED) is 0.872. The van der Waals surface area contributed by atoms with Crippen LogP contribution in [-0.4, -0.2) is 71.3 Å². The normalized spacial score (nSPS) is 23.4. The van der Waals surface area contributed by atoms with Gasteiger partial charge in [-0.2, -0.15) is 5.26 Å². The maximum atomic E-state index is 12.7. The predicted octanol–water partition coefficient (Wildman–Crippen LogP) is 0.706. The highest BCUT2D eigenvalue weighted by atomic mass is 16.2. The van der Waals surface area contributed by atoms with Gasteiger partial charge in [0.2, 0.25) is 11.8 Å². The van der Waals surface area contributed by atoms with Crippen LogP contribution in [0, 0.1) is 24.2 Å².